The van der Waals surface area contributed by atoms with E-state index in [0.717, 1.165) is 5.56 Å². The number of benzene rings is 2. The summed E-state index contributed by atoms with van der Waals surface area (Å²) >= 11 is 0. The van der Waals surface area contributed by atoms with Gasteiger partial charge in [0.15, 0.2) is 0 Å². The number of hydrogen-bond donors (Lipinski definition) is 2. The summed E-state index contributed by atoms with van der Waals surface area (Å²) in [5, 5.41) is 2.89. The third-order valence-electron chi connectivity index (χ3n) is 4.27. The Labute approximate surface area is 166 Å². The largest absolute Gasteiger partial charge is 0.383 e. The maximum atomic E-state index is 12.6. The van der Waals surface area contributed by atoms with Crippen molar-refractivity contribution in [2.75, 3.05) is 40.9 Å². The molecule has 1 atom stereocenters. The number of carbonyl (C=O) groups excluding carboxylic acids is 1. The standard InChI is InChI=1S/C20H27N3O4S/c1-23(2)19(16-8-5-4-6-9-16)15-21-20(24)17-10-7-11-18(14-17)28(25,26)22-12-13-27-3/h4-11,14,19,22H,12-13,15H2,1-3H3,(H,21,24). The van der Waals surface area contributed by atoms with Crippen LogP contribution in [0.4, 0.5) is 0 Å². The molecule has 7 nitrogen and oxygen atoms in total. The van der Waals surface area contributed by atoms with E-state index < -0.39 is 10.0 Å². The van der Waals surface area contributed by atoms with Crippen LogP contribution >= 0.6 is 0 Å². The Hall–Kier alpha value is -2.26. The summed E-state index contributed by atoms with van der Waals surface area (Å²) in [7, 11) is 1.70. The first-order chi connectivity index (χ1) is 13.3. The average molecular weight is 406 g/mol. The molecular formula is C20H27N3O4S. The van der Waals surface area contributed by atoms with E-state index in [-0.39, 0.29) is 30.0 Å². The second-order valence-electron chi connectivity index (χ2n) is 6.52. The van der Waals surface area contributed by atoms with Gasteiger partial charge in [-0.1, -0.05) is 36.4 Å². The van der Waals surface area contributed by atoms with Crippen molar-refractivity contribution in [3.63, 3.8) is 0 Å². The van der Waals surface area contributed by atoms with Crippen LogP contribution in [0.5, 0.6) is 0 Å². The molecule has 1 amide bonds. The van der Waals surface area contributed by atoms with Crippen LogP contribution in [-0.2, 0) is 14.8 Å². The number of nitrogens with zero attached hydrogens (tertiary/aromatic N) is 1. The summed E-state index contributed by atoms with van der Waals surface area (Å²) in [6.45, 7) is 0.834. The zero-order chi connectivity index (χ0) is 20.6. The van der Waals surface area contributed by atoms with Gasteiger partial charge < -0.3 is 15.0 Å². The smallest absolute Gasteiger partial charge is 0.251 e. The number of sulfonamides is 1. The topological polar surface area (TPSA) is 87.7 Å². The van der Waals surface area contributed by atoms with E-state index in [1.54, 1.807) is 12.1 Å². The molecule has 8 heteroatoms. The quantitative estimate of drug-likeness (QED) is 0.587. The lowest BCUT2D eigenvalue weighted by Crippen LogP contribution is -2.34. The molecule has 0 heterocycles. The zero-order valence-corrected chi connectivity index (χ0v) is 17.2. The third-order valence-corrected chi connectivity index (χ3v) is 5.73. The number of likely N-dealkylation sites (N-methyl/N-ethyl adjacent to an activating group) is 1. The van der Waals surface area contributed by atoms with Crippen molar-refractivity contribution in [2.45, 2.75) is 10.9 Å². The minimum Gasteiger partial charge on any atom is -0.383 e. The van der Waals surface area contributed by atoms with Crippen LogP contribution < -0.4 is 10.0 Å². The average Bonchev–Trinajstić information content (AvgIpc) is 2.69. The summed E-state index contributed by atoms with van der Waals surface area (Å²) < 4.78 is 31.9. The minimum absolute atomic E-state index is 0.00720. The lowest BCUT2D eigenvalue weighted by molar-refractivity contribution is 0.0941. The molecule has 0 aliphatic rings. The number of methoxy groups -OCH3 is 1. The molecule has 152 valence electrons. The highest BCUT2D eigenvalue weighted by Gasteiger charge is 2.18. The molecule has 0 bridgehead atoms. The molecule has 0 aliphatic heterocycles. The van der Waals surface area contributed by atoms with Gasteiger partial charge in [-0.15, -0.1) is 0 Å². The summed E-state index contributed by atoms with van der Waals surface area (Å²) in [6, 6.07) is 15.9. The van der Waals surface area contributed by atoms with Gasteiger partial charge in [0.05, 0.1) is 17.5 Å². The summed E-state index contributed by atoms with van der Waals surface area (Å²) in [6.07, 6.45) is 0. The van der Waals surface area contributed by atoms with Crippen molar-refractivity contribution in [3.8, 4) is 0 Å². The van der Waals surface area contributed by atoms with E-state index in [2.05, 4.69) is 10.0 Å². The molecule has 28 heavy (non-hydrogen) atoms. The monoisotopic (exact) mass is 405 g/mol. The Kier molecular flexibility index (Phi) is 8.13. The molecule has 0 saturated heterocycles. The minimum atomic E-state index is -3.69. The van der Waals surface area contributed by atoms with Gasteiger partial charge in [0.1, 0.15) is 0 Å². The molecule has 0 aromatic heterocycles. The molecule has 2 aromatic rings. The molecule has 2 rings (SSSR count). The van der Waals surface area contributed by atoms with E-state index in [0.29, 0.717) is 12.1 Å². The first kappa shape index (κ1) is 22.0. The van der Waals surface area contributed by atoms with Crippen LogP contribution in [0, 0.1) is 0 Å². The Bertz CT molecular complexity index is 870. The lowest BCUT2D eigenvalue weighted by atomic mass is 10.1. The van der Waals surface area contributed by atoms with Crippen molar-refractivity contribution < 1.29 is 17.9 Å². The highest BCUT2D eigenvalue weighted by Crippen LogP contribution is 2.17. The summed E-state index contributed by atoms with van der Waals surface area (Å²) in [5.74, 6) is -0.322. The highest BCUT2D eigenvalue weighted by atomic mass is 32.2. The van der Waals surface area contributed by atoms with Crippen LogP contribution in [0.15, 0.2) is 59.5 Å². The molecule has 2 N–H and O–H groups in total. The SMILES string of the molecule is COCCNS(=O)(=O)c1cccc(C(=O)NCC(c2ccccc2)N(C)C)c1. The maximum Gasteiger partial charge on any atom is 0.251 e. The first-order valence-electron chi connectivity index (χ1n) is 8.93. The summed E-state index contributed by atoms with van der Waals surface area (Å²) in [5.41, 5.74) is 1.38. The van der Waals surface area contributed by atoms with Crippen molar-refractivity contribution in [2.24, 2.45) is 0 Å². The van der Waals surface area contributed by atoms with Crippen molar-refractivity contribution >= 4 is 15.9 Å². The number of amides is 1. The van der Waals surface area contributed by atoms with E-state index in [1.165, 1.54) is 19.2 Å². The second-order valence-corrected chi connectivity index (χ2v) is 8.29. The van der Waals surface area contributed by atoms with Gasteiger partial charge >= 0.3 is 0 Å². The molecule has 0 spiro atoms. The van der Waals surface area contributed by atoms with E-state index in [9.17, 15) is 13.2 Å². The Balaban J connectivity index is 2.08. The van der Waals surface area contributed by atoms with Gasteiger partial charge in [-0.25, -0.2) is 13.1 Å². The van der Waals surface area contributed by atoms with Gasteiger partial charge in [-0.2, -0.15) is 0 Å². The number of ether oxygens (including phenoxy) is 1. The number of nitrogens with one attached hydrogen (secondary N) is 2. The number of carbonyl (C=O) groups is 1. The molecule has 0 fully saturated rings. The van der Waals surface area contributed by atoms with Crippen LogP contribution in [0.2, 0.25) is 0 Å². The van der Waals surface area contributed by atoms with Gasteiger partial charge in [-0.05, 0) is 37.9 Å². The van der Waals surface area contributed by atoms with Crippen LogP contribution in [-0.4, -0.2) is 60.1 Å². The van der Waals surface area contributed by atoms with Crippen molar-refractivity contribution in [1.82, 2.24) is 14.9 Å². The second kappa shape index (κ2) is 10.3. The van der Waals surface area contributed by atoms with Gasteiger partial charge in [0, 0.05) is 25.8 Å². The molecule has 2 aromatic carbocycles. The first-order valence-corrected chi connectivity index (χ1v) is 10.4. The predicted octanol–water partition coefficient (Wildman–Crippen LogP) is 1.64. The predicted molar refractivity (Wildman–Crippen MR) is 109 cm³/mol. The normalized spacial score (nSPS) is 12.7. The van der Waals surface area contributed by atoms with Crippen LogP contribution in [0.3, 0.4) is 0 Å². The van der Waals surface area contributed by atoms with E-state index >= 15 is 0 Å². The van der Waals surface area contributed by atoms with Gasteiger partial charge in [-0.3, -0.25) is 4.79 Å². The molecule has 1 unspecified atom stereocenters. The van der Waals surface area contributed by atoms with Crippen molar-refractivity contribution in [1.29, 1.82) is 0 Å². The van der Waals surface area contributed by atoms with Crippen LogP contribution in [0.1, 0.15) is 22.0 Å². The van der Waals surface area contributed by atoms with E-state index in [4.69, 9.17) is 4.74 Å². The third kappa shape index (κ3) is 6.13. The van der Waals surface area contributed by atoms with E-state index in [1.807, 2.05) is 49.3 Å². The molecule has 0 saturated carbocycles. The Morgan fingerprint density at radius 3 is 2.46 bits per heavy atom. The molecule has 0 aliphatic carbocycles. The fourth-order valence-electron chi connectivity index (χ4n) is 2.73. The van der Waals surface area contributed by atoms with Gasteiger partial charge in [0.25, 0.3) is 5.91 Å². The fourth-order valence-corrected chi connectivity index (χ4v) is 3.79. The summed E-state index contributed by atoms with van der Waals surface area (Å²) in [4.78, 5) is 14.6. The number of hydrogen-bond acceptors (Lipinski definition) is 5. The van der Waals surface area contributed by atoms with Crippen molar-refractivity contribution in [3.05, 3.63) is 65.7 Å². The highest BCUT2D eigenvalue weighted by molar-refractivity contribution is 7.89. The lowest BCUT2D eigenvalue weighted by Gasteiger charge is -2.25. The Morgan fingerprint density at radius 2 is 1.82 bits per heavy atom. The zero-order valence-electron chi connectivity index (χ0n) is 16.4. The fraction of sp³-hybridized carbons (Fsp3) is 0.350. The Morgan fingerprint density at radius 1 is 1.11 bits per heavy atom. The van der Waals surface area contributed by atoms with Crippen LogP contribution in [0.25, 0.3) is 0 Å². The maximum absolute atomic E-state index is 12.6. The molecular weight excluding hydrogens is 378 g/mol. The van der Waals surface area contributed by atoms with Gasteiger partial charge in [0.2, 0.25) is 10.0 Å². The number of rotatable bonds is 10. The molecule has 0 radical (unpaired) electrons.